The van der Waals surface area contributed by atoms with E-state index in [1.807, 2.05) is 56.3 Å². The number of phenols is 1. The van der Waals surface area contributed by atoms with Gasteiger partial charge in [-0.2, -0.15) is 0 Å². The molecule has 0 radical (unpaired) electrons. The lowest BCUT2D eigenvalue weighted by molar-refractivity contribution is -0.187. The number of halogens is 1. The fourth-order valence-corrected chi connectivity index (χ4v) is 6.66. The lowest BCUT2D eigenvalue weighted by atomic mass is 9.98. The normalized spacial score (nSPS) is 18.6. The molecular weight excluding hydrogens is 596 g/mol. The van der Waals surface area contributed by atoms with Crippen molar-refractivity contribution in [2.24, 2.45) is 0 Å². The monoisotopic (exact) mass is 634 g/mol. The van der Waals surface area contributed by atoms with E-state index in [0.717, 1.165) is 27.9 Å². The standard InChI is InChI=1S/C33H39ClN6O5/c1-21-8-6-9-23(31(21)45-5)17-35-33(44)40-28-19-38(18-24-10-7-11-26(34)30(24)36(2)3)32(43)27(39(28)29(42)20-37(40)4)16-22-12-14-25(41)15-13-22/h6-15,27-28,41H,16-20H2,1-5H3,(H,35,44). The molecule has 0 aromatic heterocycles. The molecule has 2 aliphatic heterocycles. The summed E-state index contributed by atoms with van der Waals surface area (Å²) < 4.78 is 5.57. The van der Waals surface area contributed by atoms with Gasteiger partial charge in [-0.25, -0.2) is 14.8 Å². The van der Waals surface area contributed by atoms with Gasteiger partial charge in [-0.1, -0.05) is 54.1 Å². The highest BCUT2D eigenvalue weighted by atomic mass is 35.5. The van der Waals surface area contributed by atoms with Gasteiger partial charge >= 0.3 is 6.03 Å². The molecule has 2 fully saturated rings. The number of likely N-dealkylation sites (N-methyl/N-ethyl adjacent to an activating group) is 1. The molecule has 2 atom stereocenters. The average Bonchev–Trinajstić information content (AvgIpc) is 2.99. The van der Waals surface area contributed by atoms with Gasteiger partial charge in [-0.05, 0) is 41.8 Å². The number of aromatic hydroxyl groups is 1. The Morgan fingerprint density at radius 2 is 1.76 bits per heavy atom. The van der Waals surface area contributed by atoms with E-state index in [1.54, 1.807) is 59.3 Å². The van der Waals surface area contributed by atoms with Gasteiger partial charge in [-0.3, -0.25) is 9.59 Å². The van der Waals surface area contributed by atoms with Crippen molar-refractivity contribution >= 4 is 35.1 Å². The maximum absolute atomic E-state index is 14.2. The number of nitrogens with one attached hydrogen (secondary N) is 1. The van der Waals surface area contributed by atoms with Crippen LogP contribution in [0.4, 0.5) is 10.5 Å². The van der Waals surface area contributed by atoms with E-state index in [4.69, 9.17) is 16.3 Å². The Kier molecular flexibility index (Phi) is 9.40. The number of para-hydroxylation sites is 2. The van der Waals surface area contributed by atoms with Crippen LogP contribution in [0.25, 0.3) is 0 Å². The number of aryl methyl sites for hydroxylation is 1. The van der Waals surface area contributed by atoms with Crippen molar-refractivity contribution in [3.05, 3.63) is 87.9 Å². The molecule has 5 rings (SSSR count). The minimum Gasteiger partial charge on any atom is -0.508 e. The smallest absolute Gasteiger partial charge is 0.334 e. The highest BCUT2D eigenvalue weighted by molar-refractivity contribution is 6.33. The van der Waals surface area contributed by atoms with Crippen molar-refractivity contribution < 1.29 is 24.2 Å². The summed E-state index contributed by atoms with van der Waals surface area (Å²) in [4.78, 5) is 46.9. The summed E-state index contributed by atoms with van der Waals surface area (Å²) >= 11 is 6.56. The van der Waals surface area contributed by atoms with Crippen LogP contribution >= 0.6 is 11.6 Å². The van der Waals surface area contributed by atoms with Gasteiger partial charge in [0.1, 0.15) is 23.7 Å². The van der Waals surface area contributed by atoms with Crippen molar-refractivity contribution in [1.29, 1.82) is 0 Å². The molecule has 3 aromatic rings. The van der Waals surface area contributed by atoms with Crippen LogP contribution in [0.1, 0.15) is 22.3 Å². The number of amides is 4. The van der Waals surface area contributed by atoms with Crippen LogP contribution in [0.2, 0.25) is 5.02 Å². The Balaban J connectivity index is 1.49. The second-order valence-corrected chi connectivity index (χ2v) is 12.0. The first-order valence-electron chi connectivity index (χ1n) is 14.7. The highest BCUT2D eigenvalue weighted by Gasteiger charge is 2.50. The summed E-state index contributed by atoms with van der Waals surface area (Å²) in [6.07, 6.45) is -0.550. The molecule has 2 aliphatic rings. The minimum absolute atomic E-state index is 0.0733. The maximum Gasteiger partial charge on any atom is 0.334 e. The zero-order chi connectivity index (χ0) is 32.4. The number of methoxy groups -OCH3 is 1. The maximum atomic E-state index is 14.2. The van der Waals surface area contributed by atoms with E-state index >= 15 is 0 Å². The molecule has 0 saturated carbocycles. The van der Waals surface area contributed by atoms with Crippen LogP contribution in [-0.2, 0) is 29.1 Å². The largest absolute Gasteiger partial charge is 0.508 e. The molecule has 2 unspecified atom stereocenters. The number of carbonyl (C=O) groups is 3. The number of hydrogen-bond donors (Lipinski definition) is 2. The Morgan fingerprint density at radius 1 is 1.07 bits per heavy atom. The number of nitrogens with zero attached hydrogens (tertiary/aromatic N) is 5. The number of piperazine rings is 1. The topological polar surface area (TPSA) is 109 Å². The second-order valence-electron chi connectivity index (χ2n) is 11.6. The number of hydrazine groups is 1. The van der Waals surface area contributed by atoms with Gasteiger partial charge < -0.3 is 29.9 Å². The van der Waals surface area contributed by atoms with Gasteiger partial charge in [0, 0.05) is 46.2 Å². The number of carbonyl (C=O) groups excluding carboxylic acids is 3. The molecule has 3 aromatic carbocycles. The zero-order valence-electron chi connectivity index (χ0n) is 26.2. The molecule has 2 heterocycles. The fraction of sp³-hybridized carbons (Fsp3) is 0.364. The molecule has 45 heavy (non-hydrogen) atoms. The van der Waals surface area contributed by atoms with E-state index < -0.39 is 18.2 Å². The molecular formula is C33H39ClN6O5. The SMILES string of the molecule is COc1c(C)cccc1CNC(=O)N1C2CN(Cc3cccc(Cl)c3N(C)C)C(=O)C(Cc3ccc(O)cc3)N2C(=O)CN1C. The summed E-state index contributed by atoms with van der Waals surface area (Å²) in [5, 5.41) is 16.5. The minimum atomic E-state index is -0.872. The van der Waals surface area contributed by atoms with Gasteiger partial charge in [-0.15, -0.1) is 0 Å². The number of benzene rings is 3. The summed E-state index contributed by atoms with van der Waals surface area (Å²) in [5.74, 6) is 0.324. The molecule has 0 bridgehead atoms. The van der Waals surface area contributed by atoms with E-state index in [-0.39, 0.29) is 50.2 Å². The molecule has 2 N–H and O–H groups in total. The van der Waals surface area contributed by atoms with Crippen LogP contribution < -0.4 is 15.0 Å². The van der Waals surface area contributed by atoms with Gasteiger partial charge in [0.25, 0.3) is 0 Å². The molecule has 0 spiro atoms. The Labute approximate surface area is 268 Å². The van der Waals surface area contributed by atoms with Crippen LogP contribution in [-0.4, -0.2) is 96.3 Å². The van der Waals surface area contributed by atoms with Crippen molar-refractivity contribution in [1.82, 2.24) is 25.1 Å². The highest BCUT2D eigenvalue weighted by Crippen LogP contribution is 2.33. The Bertz CT molecular complexity index is 1580. The van der Waals surface area contributed by atoms with Crippen LogP contribution in [0, 0.1) is 6.92 Å². The van der Waals surface area contributed by atoms with Crippen molar-refractivity contribution in [3.8, 4) is 11.5 Å². The van der Waals surface area contributed by atoms with Gasteiger partial charge in [0.15, 0.2) is 0 Å². The number of phenolic OH excluding ortho intramolecular Hbond substituents is 1. The van der Waals surface area contributed by atoms with Crippen LogP contribution in [0.3, 0.4) is 0 Å². The first-order chi connectivity index (χ1) is 21.5. The van der Waals surface area contributed by atoms with Crippen LogP contribution in [0.15, 0.2) is 60.7 Å². The van der Waals surface area contributed by atoms with E-state index in [2.05, 4.69) is 5.32 Å². The first-order valence-corrected chi connectivity index (χ1v) is 15.1. The third-order valence-corrected chi connectivity index (χ3v) is 8.62. The third-order valence-electron chi connectivity index (χ3n) is 8.32. The molecule has 2 saturated heterocycles. The van der Waals surface area contributed by atoms with Gasteiger partial charge in [0.2, 0.25) is 11.8 Å². The number of urea groups is 1. The summed E-state index contributed by atoms with van der Waals surface area (Å²) in [6.45, 7) is 2.41. The van der Waals surface area contributed by atoms with E-state index in [9.17, 15) is 19.5 Å². The summed E-state index contributed by atoms with van der Waals surface area (Å²) in [5.41, 5.74) is 4.19. The Hall–Kier alpha value is -4.48. The zero-order valence-corrected chi connectivity index (χ0v) is 26.9. The fourth-order valence-electron chi connectivity index (χ4n) is 6.29. The third kappa shape index (κ3) is 6.50. The predicted octanol–water partition coefficient (Wildman–Crippen LogP) is 3.61. The first kappa shape index (κ1) is 31.9. The summed E-state index contributed by atoms with van der Waals surface area (Å²) in [6, 6.07) is 16.6. The molecule has 11 nitrogen and oxygen atoms in total. The number of ether oxygens (including phenoxy) is 1. The van der Waals surface area contributed by atoms with Gasteiger partial charge in [0.05, 0.1) is 30.9 Å². The predicted molar refractivity (Wildman–Crippen MR) is 172 cm³/mol. The number of hydrogen-bond acceptors (Lipinski definition) is 7. The Morgan fingerprint density at radius 3 is 2.44 bits per heavy atom. The van der Waals surface area contributed by atoms with E-state index in [0.29, 0.717) is 10.8 Å². The number of anilines is 1. The second kappa shape index (κ2) is 13.3. The van der Waals surface area contributed by atoms with Crippen molar-refractivity contribution in [2.45, 2.75) is 38.6 Å². The lowest BCUT2D eigenvalue weighted by Crippen LogP contribution is -2.76. The molecule has 12 heteroatoms. The quantitative estimate of drug-likeness (QED) is 0.390. The van der Waals surface area contributed by atoms with Crippen LogP contribution in [0.5, 0.6) is 11.5 Å². The van der Waals surface area contributed by atoms with Crippen molar-refractivity contribution in [2.75, 3.05) is 46.2 Å². The molecule has 0 aliphatic carbocycles. The average molecular weight is 635 g/mol. The number of rotatable bonds is 8. The molecule has 238 valence electrons. The lowest BCUT2D eigenvalue weighted by Gasteiger charge is -2.54. The number of fused-ring (bicyclic) bond motifs is 1. The molecule has 4 amide bonds. The summed E-state index contributed by atoms with van der Waals surface area (Å²) in [7, 11) is 7.07. The van der Waals surface area contributed by atoms with Crippen molar-refractivity contribution in [3.63, 3.8) is 0 Å². The van der Waals surface area contributed by atoms with E-state index in [1.165, 1.54) is 5.01 Å².